The number of alkyl halides is 2. The van der Waals surface area contributed by atoms with Gasteiger partial charge in [-0.25, -0.2) is 22.9 Å². The highest BCUT2D eigenvalue weighted by molar-refractivity contribution is 5.93. The van der Waals surface area contributed by atoms with Gasteiger partial charge in [-0.2, -0.15) is 5.10 Å². The summed E-state index contributed by atoms with van der Waals surface area (Å²) in [5, 5.41) is 18.4. The van der Waals surface area contributed by atoms with Crippen LogP contribution in [0.25, 0.3) is 5.65 Å². The first-order chi connectivity index (χ1) is 18.8. The first-order valence-electron chi connectivity index (χ1n) is 14.0. The summed E-state index contributed by atoms with van der Waals surface area (Å²) in [6, 6.07) is 1.60. The fourth-order valence-electron chi connectivity index (χ4n) is 6.25. The van der Waals surface area contributed by atoms with Crippen molar-refractivity contribution in [1.29, 1.82) is 0 Å². The number of halogens is 2. The molecule has 3 aromatic rings. The number of carbonyl (C=O) groups excluding carboxylic acids is 2. The molecule has 39 heavy (non-hydrogen) atoms. The van der Waals surface area contributed by atoms with Crippen molar-refractivity contribution in [3.8, 4) is 0 Å². The van der Waals surface area contributed by atoms with Crippen LogP contribution in [0.5, 0.6) is 0 Å². The van der Waals surface area contributed by atoms with Gasteiger partial charge < -0.3 is 10.6 Å². The first-order valence-corrected chi connectivity index (χ1v) is 14.0. The smallest absolute Gasteiger partial charge is 0.276 e. The maximum absolute atomic E-state index is 14.0. The summed E-state index contributed by atoms with van der Waals surface area (Å²) in [6.45, 7) is 0. The van der Waals surface area contributed by atoms with E-state index in [2.05, 4.69) is 26.0 Å². The number of imidazole rings is 1. The van der Waals surface area contributed by atoms with E-state index in [1.54, 1.807) is 16.9 Å². The molecule has 4 heterocycles. The second-order valence-corrected chi connectivity index (χ2v) is 11.8. The summed E-state index contributed by atoms with van der Waals surface area (Å²) in [6.07, 6.45) is 9.20. The number of fused-ring (bicyclic) bond motifs is 1. The molecule has 7 rings (SSSR count). The number of hydrogen-bond donors (Lipinski definition) is 2. The third kappa shape index (κ3) is 5.00. The van der Waals surface area contributed by atoms with Crippen LogP contribution in [-0.4, -0.2) is 48.7 Å². The Kier molecular flexibility index (Phi) is 5.89. The maximum Gasteiger partial charge on any atom is 0.276 e. The van der Waals surface area contributed by atoms with Gasteiger partial charge in [0.15, 0.2) is 11.3 Å². The Morgan fingerprint density at radius 2 is 1.97 bits per heavy atom. The number of nitrogens with zero attached hydrogens (tertiary/aromatic N) is 5. The molecule has 0 aromatic carbocycles. The van der Waals surface area contributed by atoms with E-state index in [0.29, 0.717) is 29.4 Å². The molecule has 206 valence electrons. The number of rotatable bonds is 8. The number of carbonyl (C=O) groups is 2. The van der Waals surface area contributed by atoms with Gasteiger partial charge in [-0.1, -0.05) is 5.16 Å². The van der Waals surface area contributed by atoms with Crippen LogP contribution >= 0.6 is 0 Å². The second-order valence-electron chi connectivity index (χ2n) is 11.8. The van der Waals surface area contributed by atoms with Gasteiger partial charge in [-0.05, 0) is 80.0 Å². The molecule has 0 spiro atoms. The first kappa shape index (κ1) is 24.6. The third-order valence-electron chi connectivity index (χ3n) is 8.84. The Balaban J connectivity index is 1.13. The fraction of sp³-hybridized carbons (Fsp3) is 0.630. The highest BCUT2D eigenvalue weighted by Gasteiger charge is 2.42. The van der Waals surface area contributed by atoms with Crippen molar-refractivity contribution in [1.82, 2.24) is 35.5 Å². The van der Waals surface area contributed by atoms with Gasteiger partial charge in [0.1, 0.15) is 5.69 Å². The minimum absolute atomic E-state index is 0.0815. The van der Waals surface area contributed by atoms with Crippen molar-refractivity contribution in [2.24, 2.45) is 17.8 Å². The molecule has 2 amide bonds. The Bertz CT molecular complexity index is 1400. The minimum atomic E-state index is -2.69. The van der Waals surface area contributed by atoms with Crippen LogP contribution in [0, 0.1) is 17.8 Å². The molecule has 3 aliphatic carbocycles. The van der Waals surface area contributed by atoms with E-state index in [9.17, 15) is 18.4 Å². The quantitative estimate of drug-likeness (QED) is 0.446. The fourth-order valence-corrected chi connectivity index (χ4v) is 6.25. The lowest BCUT2D eigenvalue weighted by molar-refractivity contribution is -0.122. The average Bonchev–Trinajstić information content (AvgIpc) is 3.82. The van der Waals surface area contributed by atoms with Gasteiger partial charge in [-0.3, -0.25) is 9.59 Å². The molecular weight excluding hydrogens is 508 g/mol. The molecule has 0 bridgehead atoms. The van der Waals surface area contributed by atoms with E-state index < -0.39 is 17.9 Å². The van der Waals surface area contributed by atoms with Gasteiger partial charge in [0, 0.05) is 30.7 Å². The van der Waals surface area contributed by atoms with Gasteiger partial charge in [0.2, 0.25) is 11.8 Å². The maximum atomic E-state index is 14.0. The topological polar surface area (TPSA) is 127 Å². The van der Waals surface area contributed by atoms with Gasteiger partial charge in [0.25, 0.3) is 5.91 Å². The molecule has 1 aliphatic heterocycles. The molecular formula is C27H31F2N7O3. The predicted octanol–water partition coefficient (Wildman–Crippen LogP) is 3.74. The standard InChI is InChI=1S/C27H31F2N7O3/c28-27(29)7-5-17(6-8-27)22(33-26(38)24-23(16-3-4-16)34-39-35-24)20-13-36-21(31-20)10-14(12-30-36)9-18-11-19(15-1-2-15)32-25(18)37/h10,12-13,15-19,22H,1-9,11H2,(H,32,37)(H,33,38)/t18-,19+,22+/m1/s1. The van der Waals surface area contributed by atoms with E-state index >= 15 is 0 Å². The van der Waals surface area contributed by atoms with E-state index in [4.69, 9.17) is 9.61 Å². The largest absolute Gasteiger partial charge is 0.353 e. The van der Waals surface area contributed by atoms with Crippen molar-refractivity contribution in [2.75, 3.05) is 0 Å². The van der Waals surface area contributed by atoms with E-state index in [0.717, 1.165) is 24.8 Å². The van der Waals surface area contributed by atoms with E-state index in [1.165, 1.54) is 12.8 Å². The number of amides is 2. The van der Waals surface area contributed by atoms with Crippen molar-refractivity contribution < 1.29 is 23.0 Å². The summed E-state index contributed by atoms with van der Waals surface area (Å²) in [5.74, 6) is -2.55. The van der Waals surface area contributed by atoms with Crippen LogP contribution in [-0.2, 0) is 11.2 Å². The minimum Gasteiger partial charge on any atom is -0.353 e. The Labute approximate surface area is 223 Å². The summed E-state index contributed by atoms with van der Waals surface area (Å²) in [4.78, 5) is 30.6. The molecule has 2 N–H and O–H groups in total. The Morgan fingerprint density at radius 3 is 2.72 bits per heavy atom. The molecule has 10 nitrogen and oxygen atoms in total. The van der Waals surface area contributed by atoms with Gasteiger partial charge >= 0.3 is 0 Å². The molecule has 0 radical (unpaired) electrons. The summed E-state index contributed by atoms with van der Waals surface area (Å²) in [7, 11) is 0. The predicted molar refractivity (Wildman–Crippen MR) is 133 cm³/mol. The van der Waals surface area contributed by atoms with Gasteiger partial charge in [0.05, 0.1) is 24.1 Å². The number of hydrogen-bond acceptors (Lipinski definition) is 7. The summed E-state index contributed by atoms with van der Waals surface area (Å²) < 4.78 is 34.4. The molecule has 4 fully saturated rings. The molecule has 4 aliphatic rings. The zero-order valence-corrected chi connectivity index (χ0v) is 21.5. The van der Waals surface area contributed by atoms with Crippen LogP contribution < -0.4 is 10.6 Å². The van der Waals surface area contributed by atoms with Gasteiger partial charge in [-0.15, -0.1) is 0 Å². The lowest BCUT2D eigenvalue weighted by Crippen LogP contribution is -2.37. The van der Waals surface area contributed by atoms with Crippen LogP contribution in [0.3, 0.4) is 0 Å². The van der Waals surface area contributed by atoms with Crippen molar-refractivity contribution >= 4 is 17.5 Å². The average molecular weight is 540 g/mol. The SMILES string of the molecule is O=C(N[C@H](c1cn2ncc(C[C@@H]3C[C@@H](C4CC4)NC3=O)cc2n1)C1CCC(F)(F)CC1)c1nonc1C1CC1. The summed E-state index contributed by atoms with van der Waals surface area (Å²) >= 11 is 0. The monoisotopic (exact) mass is 539 g/mol. The molecule has 12 heteroatoms. The number of nitrogens with one attached hydrogen (secondary N) is 2. The second kappa shape index (κ2) is 9.34. The summed E-state index contributed by atoms with van der Waals surface area (Å²) in [5.41, 5.74) is 2.74. The normalized spacial score (nSPS) is 26.1. The lowest BCUT2D eigenvalue weighted by Gasteiger charge is -2.33. The van der Waals surface area contributed by atoms with Crippen LogP contribution in [0.2, 0.25) is 0 Å². The van der Waals surface area contributed by atoms with Crippen molar-refractivity contribution in [3.63, 3.8) is 0 Å². The highest BCUT2D eigenvalue weighted by atomic mass is 19.3. The zero-order valence-electron chi connectivity index (χ0n) is 21.5. The Hall–Kier alpha value is -3.44. The Morgan fingerprint density at radius 1 is 1.18 bits per heavy atom. The zero-order chi connectivity index (χ0) is 26.7. The van der Waals surface area contributed by atoms with Crippen molar-refractivity contribution in [2.45, 2.75) is 88.1 Å². The van der Waals surface area contributed by atoms with E-state index in [1.807, 2.05) is 6.07 Å². The molecule has 3 aromatic heterocycles. The molecule has 3 atom stereocenters. The molecule has 3 saturated carbocycles. The van der Waals surface area contributed by atoms with Crippen LogP contribution in [0.15, 0.2) is 23.1 Å². The number of aromatic nitrogens is 5. The van der Waals surface area contributed by atoms with Crippen LogP contribution in [0.4, 0.5) is 8.78 Å². The van der Waals surface area contributed by atoms with E-state index in [-0.39, 0.29) is 61.1 Å². The third-order valence-corrected chi connectivity index (χ3v) is 8.84. The van der Waals surface area contributed by atoms with Crippen LogP contribution in [0.1, 0.15) is 97.2 Å². The van der Waals surface area contributed by atoms with Crippen molar-refractivity contribution in [3.05, 3.63) is 41.1 Å². The molecule has 1 saturated heterocycles. The highest BCUT2D eigenvalue weighted by Crippen LogP contribution is 2.43. The molecule has 0 unspecified atom stereocenters. The lowest BCUT2D eigenvalue weighted by atomic mass is 9.81.